The van der Waals surface area contributed by atoms with Crippen molar-refractivity contribution in [1.29, 1.82) is 0 Å². The normalized spacial score (nSPS) is 17.0. The number of pyridine rings is 1. The van der Waals surface area contributed by atoms with E-state index >= 15 is 0 Å². The number of nitrogens with zero attached hydrogens (tertiary/aromatic N) is 2. The smallest absolute Gasteiger partial charge is 0.218 e. The lowest BCUT2D eigenvalue weighted by Gasteiger charge is -2.31. The SMILES string of the molecule is O=S(=O)(Cc1ccccc1)N1CCC(NCc2ccccn2)CC1. The Balaban J connectivity index is 1.49. The fraction of sp³-hybridized carbons (Fsp3) is 0.389. The number of hydrogen-bond donors (Lipinski definition) is 1. The van der Waals surface area contributed by atoms with Gasteiger partial charge in [0, 0.05) is 31.9 Å². The van der Waals surface area contributed by atoms with Gasteiger partial charge in [0.15, 0.2) is 0 Å². The van der Waals surface area contributed by atoms with E-state index in [1.54, 1.807) is 10.5 Å². The van der Waals surface area contributed by atoms with Crippen LogP contribution in [0.5, 0.6) is 0 Å². The first-order chi connectivity index (χ1) is 11.6. The summed E-state index contributed by atoms with van der Waals surface area (Å²) in [5, 5.41) is 3.48. The van der Waals surface area contributed by atoms with E-state index in [0.717, 1.165) is 30.6 Å². The van der Waals surface area contributed by atoms with E-state index in [2.05, 4.69) is 10.3 Å². The summed E-state index contributed by atoms with van der Waals surface area (Å²) in [7, 11) is -3.23. The Bertz CT molecular complexity index is 727. The first kappa shape index (κ1) is 17.1. The van der Waals surface area contributed by atoms with E-state index in [1.165, 1.54) is 0 Å². The number of nitrogens with one attached hydrogen (secondary N) is 1. The fourth-order valence-electron chi connectivity index (χ4n) is 2.97. The first-order valence-corrected chi connectivity index (χ1v) is 9.89. The van der Waals surface area contributed by atoms with Gasteiger partial charge >= 0.3 is 0 Å². The number of sulfonamides is 1. The van der Waals surface area contributed by atoms with Crippen molar-refractivity contribution in [3.63, 3.8) is 0 Å². The molecule has 1 saturated heterocycles. The average Bonchev–Trinajstić information content (AvgIpc) is 2.62. The number of hydrogen-bond acceptors (Lipinski definition) is 4. The summed E-state index contributed by atoms with van der Waals surface area (Å²) in [5.41, 5.74) is 1.85. The van der Waals surface area contributed by atoms with Crippen LogP contribution in [0.2, 0.25) is 0 Å². The molecule has 2 heterocycles. The highest BCUT2D eigenvalue weighted by Crippen LogP contribution is 2.18. The first-order valence-electron chi connectivity index (χ1n) is 8.28. The molecule has 0 aliphatic carbocycles. The van der Waals surface area contributed by atoms with Crippen molar-refractivity contribution in [2.75, 3.05) is 13.1 Å². The second-order valence-corrected chi connectivity index (χ2v) is 8.09. The molecule has 24 heavy (non-hydrogen) atoms. The maximum absolute atomic E-state index is 12.5. The van der Waals surface area contributed by atoms with E-state index in [1.807, 2.05) is 48.5 Å². The number of benzene rings is 1. The molecule has 2 aromatic rings. The third kappa shape index (κ3) is 4.63. The zero-order valence-corrected chi connectivity index (χ0v) is 14.5. The fourth-order valence-corrected chi connectivity index (χ4v) is 4.53. The maximum Gasteiger partial charge on any atom is 0.218 e. The molecular weight excluding hydrogens is 322 g/mol. The Hall–Kier alpha value is -1.76. The molecule has 0 saturated carbocycles. The summed E-state index contributed by atoms with van der Waals surface area (Å²) < 4.78 is 26.7. The molecule has 5 nitrogen and oxygen atoms in total. The van der Waals surface area contributed by atoms with E-state index in [-0.39, 0.29) is 5.75 Å². The lowest BCUT2D eigenvalue weighted by Crippen LogP contribution is -2.45. The van der Waals surface area contributed by atoms with Gasteiger partial charge in [-0.15, -0.1) is 0 Å². The van der Waals surface area contributed by atoms with Crippen LogP contribution in [0.25, 0.3) is 0 Å². The number of piperidine rings is 1. The quantitative estimate of drug-likeness (QED) is 0.871. The Kier molecular flexibility index (Phi) is 5.60. The molecule has 1 aromatic carbocycles. The highest BCUT2D eigenvalue weighted by atomic mass is 32.2. The summed E-state index contributed by atoms with van der Waals surface area (Å²) in [6.45, 7) is 1.88. The van der Waals surface area contributed by atoms with Gasteiger partial charge in [-0.05, 0) is 30.5 Å². The van der Waals surface area contributed by atoms with Gasteiger partial charge in [0.25, 0.3) is 0 Å². The lowest BCUT2D eigenvalue weighted by molar-refractivity contribution is 0.288. The second-order valence-electron chi connectivity index (χ2n) is 6.12. The van der Waals surface area contributed by atoms with Gasteiger partial charge in [-0.1, -0.05) is 36.4 Å². The van der Waals surface area contributed by atoms with E-state index in [9.17, 15) is 8.42 Å². The molecule has 0 radical (unpaired) electrons. The van der Waals surface area contributed by atoms with E-state index in [0.29, 0.717) is 19.1 Å². The van der Waals surface area contributed by atoms with Crippen LogP contribution in [-0.4, -0.2) is 36.8 Å². The highest BCUT2D eigenvalue weighted by molar-refractivity contribution is 7.88. The van der Waals surface area contributed by atoms with E-state index < -0.39 is 10.0 Å². The van der Waals surface area contributed by atoms with Crippen LogP contribution in [0.1, 0.15) is 24.1 Å². The van der Waals surface area contributed by atoms with Gasteiger partial charge in [0.1, 0.15) is 0 Å². The molecule has 1 N–H and O–H groups in total. The molecule has 0 unspecified atom stereocenters. The molecule has 1 aliphatic heterocycles. The van der Waals surface area contributed by atoms with Crippen LogP contribution in [-0.2, 0) is 22.3 Å². The van der Waals surface area contributed by atoms with Crippen LogP contribution < -0.4 is 5.32 Å². The number of aromatic nitrogens is 1. The van der Waals surface area contributed by atoms with Gasteiger partial charge in [0.2, 0.25) is 10.0 Å². The molecule has 128 valence electrons. The standard InChI is InChI=1S/C18H23N3O2S/c22-24(23,15-16-6-2-1-3-7-16)21-12-9-17(10-13-21)20-14-18-8-4-5-11-19-18/h1-8,11,17,20H,9-10,12-15H2. The summed E-state index contributed by atoms with van der Waals surface area (Å²) in [6, 6.07) is 15.6. The minimum absolute atomic E-state index is 0.0832. The van der Waals surface area contributed by atoms with Crippen LogP contribution in [0.4, 0.5) is 0 Å². The zero-order chi connectivity index (χ0) is 16.8. The Morgan fingerprint density at radius 2 is 1.75 bits per heavy atom. The van der Waals surface area contributed by atoms with E-state index in [4.69, 9.17) is 0 Å². The van der Waals surface area contributed by atoms with Crippen LogP contribution in [0.3, 0.4) is 0 Å². The molecule has 0 atom stereocenters. The van der Waals surface area contributed by atoms with Gasteiger partial charge in [-0.2, -0.15) is 0 Å². The van der Waals surface area contributed by atoms with Crippen LogP contribution >= 0.6 is 0 Å². The van der Waals surface area contributed by atoms with Crippen molar-refractivity contribution in [3.8, 4) is 0 Å². The molecule has 1 aromatic heterocycles. The van der Waals surface area contributed by atoms with Gasteiger partial charge < -0.3 is 5.32 Å². The summed E-state index contributed by atoms with van der Waals surface area (Å²) in [5.74, 6) is 0.0832. The van der Waals surface area contributed by atoms with Gasteiger partial charge in [0.05, 0.1) is 11.4 Å². The average molecular weight is 345 g/mol. The van der Waals surface area contributed by atoms with Crippen molar-refractivity contribution >= 4 is 10.0 Å². The predicted molar refractivity (Wildman–Crippen MR) is 94.7 cm³/mol. The minimum Gasteiger partial charge on any atom is -0.308 e. The molecule has 0 spiro atoms. The Morgan fingerprint density at radius 1 is 1.04 bits per heavy atom. The molecule has 0 bridgehead atoms. The lowest BCUT2D eigenvalue weighted by atomic mass is 10.1. The molecule has 6 heteroatoms. The third-order valence-corrected chi connectivity index (χ3v) is 6.19. The summed E-state index contributed by atoms with van der Waals surface area (Å²) in [6.07, 6.45) is 3.46. The van der Waals surface area contributed by atoms with Crippen molar-refractivity contribution in [2.24, 2.45) is 0 Å². The molecule has 1 fully saturated rings. The monoisotopic (exact) mass is 345 g/mol. The largest absolute Gasteiger partial charge is 0.308 e. The zero-order valence-electron chi connectivity index (χ0n) is 13.6. The van der Waals surface area contributed by atoms with Crippen molar-refractivity contribution in [2.45, 2.75) is 31.2 Å². The Morgan fingerprint density at radius 3 is 2.42 bits per heavy atom. The van der Waals surface area contributed by atoms with Crippen molar-refractivity contribution in [1.82, 2.24) is 14.6 Å². The second kappa shape index (κ2) is 7.88. The van der Waals surface area contributed by atoms with Crippen LogP contribution in [0, 0.1) is 0 Å². The molecule has 1 aliphatic rings. The molecule has 0 amide bonds. The maximum atomic E-state index is 12.5. The predicted octanol–water partition coefficient (Wildman–Crippen LogP) is 2.17. The minimum atomic E-state index is -3.23. The Labute approximate surface area is 143 Å². The highest BCUT2D eigenvalue weighted by Gasteiger charge is 2.27. The third-order valence-electron chi connectivity index (χ3n) is 4.34. The van der Waals surface area contributed by atoms with Gasteiger partial charge in [-0.3, -0.25) is 4.98 Å². The van der Waals surface area contributed by atoms with Crippen LogP contribution in [0.15, 0.2) is 54.7 Å². The molecular formula is C18H23N3O2S. The summed E-state index contributed by atoms with van der Waals surface area (Å²) >= 11 is 0. The summed E-state index contributed by atoms with van der Waals surface area (Å²) in [4.78, 5) is 4.30. The van der Waals surface area contributed by atoms with Crippen molar-refractivity contribution in [3.05, 3.63) is 66.0 Å². The number of rotatable bonds is 6. The topological polar surface area (TPSA) is 62.3 Å². The van der Waals surface area contributed by atoms with Crippen molar-refractivity contribution < 1.29 is 8.42 Å². The van der Waals surface area contributed by atoms with Gasteiger partial charge in [-0.25, -0.2) is 12.7 Å². The molecule has 3 rings (SSSR count).